The van der Waals surface area contributed by atoms with E-state index in [4.69, 9.17) is 0 Å². The summed E-state index contributed by atoms with van der Waals surface area (Å²) < 4.78 is 0. The maximum Gasteiger partial charge on any atom is 0.321 e. The number of rotatable bonds is 10. The molecule has 0 bridgehead atoms. The number of likely N-dealkylation sites (tertiary alicyclic amines) is 2. The molecule has 2 fully saturated rings. The van der Waals surface area contributed by atoms with Gasteiger partial charge in [-0.3, -0.25) is 9.69 Å². The molecule has 2 heterocycles. The lowest BCUT2D eigenvalue weighted by molar-refractivity contribution is -0.144. The van der Waals surface area contributed by atoms with Gasteiger partial charge in [-0.15, -0.1) is 0 Å². The number of hydrogen-bond donors (Lipinski definition) is 2. The number of aryl methyl sites for hydroxylation is 1. The molecule has 35 heavy (non-hydrogen) atoms. The lowest BCUT2D eigenvalue weighted by Gasteiger charge is -2.40. The molecule has 2 unspecified atom stereocenters. The summed E-state index contributed by atoms with van der Waals surface area (Å²) in [7, 11) is 0. The maximum absolute atomic E-state index is 12.0. The van der Waals surface area contributed by atoms with Gasteiger partial charge in [0, 0.05) is 38.6 Å². The second kappa shape index (κ2) is 11.7. The van der Waals surface area contributed by atoms with Gasteiger partial charge in [-0.2, -0.15) is 0 Å². The number of nitrogens with zero attached hydrogens (tertiary/aromatic N) is 2. The van der Waals surface area contributed by atoms with E-state index in [0.717, 1.165) is 64.8 Å². The summed E-state index contributed by atoms with van der Waals surface area (Å²) in [5, 5.41) is 21.1. The minimum Gasteiger partial charge on any atom is -0.480 e. The van der Waals surface area contributed by atoms with E-state index in [9.17, 15) is 15.0 Å². The number of hydrogen-bond acceptors (Lipinski definition) is 4. The summed E-state index contributed by atoms with van der Waals surface area (Å²) in [4.78, 5) is 16.7. The number of aliphatic hydroxyl groups is 1. The van der Waals surface area contributed by atoms with E-state index in [2.05, 4.69) is 58.3 Å². The highest BCUT2D eigenvalue weighted by Crippen LogP contribution is 2.37. The van der Waals surface area contributed by atoms with Crippen LogP contribution in [0.1, 0.15) is 56.6 Å². The molecular weight excluding hydrogens is 436 g/mol. The molecule has 5 heteroatoms. The average Bonchev–Trinajstić information content (AvgIpc) is 3.24. The summed E-state index contributed by atoms with van der Waals surface area (Å²) in [6, 6.07) is 20.7. The number of piperidine rings is 1. The van der Waals surface area contributed by atoms with Crippen molar-refractivity contribution in [3.05, 3.63) is 71.8 Å². The second-order valence-electron chi connectivity index (χ2n) is 11.1. The standard InChI is InChI=1S/C30H42N2O3/c1-23(2)28(29(33)34)32-21-26(27(22-32)25-13-7-4-8-14-25)20-31-18-16-30(35,17-19-31)15-9-12-24-10-5-3-6-11-24/h3-8,10-11,13-14,23,26-28,35H,9,12,15-22H2,1-2H3,(H,33,34)/t26?,27?,28-/m1/s1. The Bertz CT molecular complexity index is 925. The Morgan fingerprint density at radius 1 is 1.00 bits per heavy atom. The zero-order chi connectivity index (χ0) is 24.8. The van der Waals surface area contributed by atoms with E-state index in [-0.39, 0.29) is 5.92 Å². The fourth-order valence-electron chi connectivity index (χ4n) is 6.26. The van der Waals surface area contributed by atoms with Gasteiger partial charge in [-0.05, 0) is 55.1 Å². The Kier molecular flexibility index (Phi) is 8.64. The molecule has 2 aromatic carbocycles. The molecule has 0 aliphatic carbocycles. The van der Waals surface area contributed by atoms with Crippen molar-refractivity contribution in [3.8, 4) is 0 Å². The normalized spacial score (nSPS) is 24.0. The Morgan fingerprint density at radius 3 is 2.23 bits per heavy atom. The highest BCUT2D eigenvalue weighted by molar-refractivity contribution is 5.73. The van der Waals surface area contributed by atoms with Crippen LogP contribution in [-0.2, 0) is 11.2 Å². The minimum atomic E-state index is -0.717. The molecule has 0 radical (unpaired) electrons. The van der Waals surface area contributed by atoms with E-state index in [0.29, 0.717) is 11.8 Å². The fourth-order valence-corrected chi connectivity index (χ4v) is 6.26. The van der Waals surface area contributed by atoms with Crippen LogP contribution in [0, 0.1) is 11.8 Å². The van der Waals surface area contributed by atoms with Crippen molar-refractivity contribution in [3.63, 3.8) is 0 Å². The average molecular weight is 479 g/mol. The first-order valence-corrected chi connectivity index (χ1v) is 13.3. The van der Waals surface area contributed by atoms with Crippen LogP contribution in [-0.4, -0.2) is 70.3 Å². The summed E-state index contributed by atoms with van der Waals surface area (Å²) in [6.07, 6.45) is 4.52. The highest BCUT2D eigenvalue weighted by atomic mass is 16.4. The van der Waals surface area contributed by atoms with Crippen molar-refractivity contribution in [2.75, 3.05) is 32.7 Å². The van der Waals surface area contributed by atoms with Crippen molar-refractivity contribution in [1.29, 1.82) is 0 Å². The maximum atomic E-state index is 12.0. The fraction of sp³-hybridized carbons (Fsp3) is 0.567. The summed E-state index contributed by atoms with van der Waals surface area (Å²) in [5.41, 5.74) is 2.09. The molecule has 2 aromatic rings. The van der Waals surface area contributed by atoms with Crippen molar-refractivity contribution in [1.82, 2.24) is 9.80 Å². The molecule has 2 aliphatic rings. The van der Waals surface area contributed by atoms with E-state index in [1.807, 2.05) is 26.0 Å². The molecule has 0 saturated carbocycles. The van der Waals surface area contributed by atoms with Gasteiger partial charge < -0.3 is 15.1 Å². The third-order valence-corrected chi connectivity index (χ3v) is 8.20. The molecule has 2 N–H and O–H groups in total. The lowest BCUT2D eigenvalue weighted by Crippen LogP contribution is -2.47. The van der Waals surface area contributed by atoms with Crippen LogP contribution in [0.15, 0.2) is 60.7 Å². The third-order valence-electron chi connectivity index (χ3n) is 8.20. The third kappa shape index (κ3) is 6.72. The Morgan fingerprint density at radius 2 is 1.63 bits per heavy atom. The van der Waals surface area contributed by atoms with Gasteiger partial charge >= 0.3 is 5.97 Å². The molecule has 3 atom stereocenters. The number of carbonyl (C=O) groups is 1. The Hall–Kier alpha value is -2.21. The minimum absolute atomic E-state index is 0.0727. The second-order valence-corrected chi connectivity index (χ2v) is 11.1. The number of carboxylic acids is 1. The van der Waals surface area contributed by atoms with E-state index in [1.165, 1.54) is 11.1 Å². The van der Waals surface area contributed by atoms with E-state index >= 15 is 0 Å². The van der Waals surface area contributed by atoms with Gasteiger partial charge in [0.25, 0.3) is 0 Å². The van der Waals surface area contributed by atoms with Crippen molar-refractivity contribution in [2.24, 2.45) is 11.8 Å². The van der Waals surface area contributed by atoms with Crippen LogP contribution >= 0.6 is 0 Å². The van der Waals surface area contributed by atoms with E-state index < -0.39 is 17.6 Å². The molecule has 4 rings (SSSR count). The number of carboxylic acid groups (broad SMARTS) is 1. The van der Waals surface area contributed by atoms with Gasteiger partial charge in [0.1, 0.15) is 6.04 Å². The lowest BCUT2D eigenvalue weighted by atomic mass is 9.84. The molecule has 0 amide bonds. The van der Waals surface area contributed by atoms with Crippen LogP contribution in [0.5, 0.6) is 0 Å². The summed E-state index contributed by atoms with van der Waals surface area (Å²) in [6.45, 7) is 8.40. The molecule has 190 valence electrons. The SMILES string of the molecule is CC(C)[C@H](C(=O)O)N1CC(CN2CCC(O)(CCCc3ccccc3)CC2)C(c2ccccc2)C1. The quantitative estimate of drug-likeness (QED) is 0.520. The van der Waals surface area contributed by atoms with Gasteiger partial charge in [0.15, 0.2) is 0 Å². The van der Waals surface area contributed by atoms with Crippen LogP contribution in [0.25, 0.3) is 0 Å². The Balaban J connectivity index is 1.35. The van der Waals surface area contributed by atoms with Crippen molar-refractivity contribution >= 4 is 5.97 Å². The molecule has 2 aliphatic heterocycles. The topological polar surface area (TPSA) is 64.0 Å². The van der Waals surface area contributed by atoms with Crippen molar-refractivity contribution < 1.29 is 15.0 Å². The first-order chi connectivity index (χ1) is 16.8. The summed E-state index contributed by atoms with van der Waals surface area (Å²) in [5.74, 6) is 0.0836. The molecule has 0 spiro atoms. The number of aliphatic carboxylic acids is 1. The highest BCUT2D eigenvalue weighted by Gasteiger charge is 2.42. The van der Waals surface area contributed by atoms with Gasteiger partial charge in [0.05, 0.1) is 5.60 Å². The largest absolute Gasteiger partial charge is 0.480 e. The number of benzene rings is 2. The summed E-state index contributed by atoms with van der Waals surface area (Å²) >= 11 is 0. The molecule has 2 saturated heterocycles. The Labute approximate surface area is 210 Å². The first-order valence-electron chi connectivity index (χ1n) is 13.3. The van der Waals surface area contributed by atoms with Crippen LogP contribution in [0.3, 0.4) is 0 Å². The predicted octanol–water partition coefficient (Wildman–Crippen LogP) is 4.66. The molecule has 0 aromatic heterocycles. The smallest absolute Gasteiger partial charge is 0.321 e. The first kappa shape index (κ1) is 25.9. The zero-order valence-corrected chi connectivity index (χ0v) is 21.4. The zero-order valence-electron chi connectivity index (χ0n) is 21.4. The van der Waals surface area contributed by atoms with E-state index in [1.54, 1.807) is 0 Å². The van der Waals surface area contributed by atoms with Crippen LogP contribution in [0.2, 0.25) is 0 Å². The van der Waals surface area contributed by atoms with Gasteiger partial charge in [-0.25, -0.2) is 0 Å². The van der Waals surface area contributed by atoms with Crippen LogP contribution < -0.4 is 0 Å². The predicted molar refractivity (Wildman–Crippen MR) is 141 cm³/mol. The monoisotopic (exact) mass is 478 g/mol. The van der Waals surface area contributed by atoms with Gasteiger partial charge in [-0.1, -0.05) is 74.5 Å². The molecule has 5 nitrogen and oxygen atoms in total. The van der Waals surface area contributed by atoms with Crippen LogP contribution in [0.4, 0.5) is 0 Å². The van der Waals surface area contributed by atoms with Crippen molar-refractivity contribution in [2.45, 2.75) is 63.5 Å². The van der Waals surface area contributed by atoms with Gasteiger partial charge in [0.2, 0.25) is 0 Å². The molecular formula is C30H42N2O3.